The number of alkyl halides is 3. The van der Waals surface area contributed by atoms with Gasteiger partial charge in [0, 0.05) is 37.5 Å². The average molecular weight is 509 g/mol. The highest BCUT2D eigenvalue weighted by atomic mass is 32.2. The maximum Gasteiger partial charge on any atom is 0.511 e. The fraction of sp³-hybridized carbons (Fsp3) is 0.474. The Bertz CT molecular complexity index is 1450. The molecule has 2 fully saturated rings. The second-order valence-corrected chi connectivity index (χ2v) is 10.5. The number of carbonyl (C=O) groups excluding carboxylic acids is 1. The highest BCUT2D eigenvalue weighted by Crippen LogP contribution is 2.39. The van der Waals surface area contributed by atoms with Crippen LogP contribution in [-0.4, -0.2) is 66.6 Å². The summed E-state index contributed by atoms with van der Waals surface area (Å²) in [5.74, 6) is 0.182. The number of nitrogens with zero attached hydrogens (tertiary/aromatic N) is 8. The summed E-state index contributed by atoms with van der Waals surface area (Å²) in [7, 11) is -5.51. The van der Waals surface area contributed by atoms with E-state index in [0.717, 1.165) is 19.3 Å². The van der Waals surface area contributed by atoms with Gasteiger partial charge in [-0.1, -0.05) is 6.42 Å². The molecular weight excluding hydrogens is 491 g/mol. The summed E-state index contributed by atoms with van der Waals surface area (Å²) in [6.45, 7) is -1.11. The smallest absolute Gasteiger partial charge is 0.293 e. The predicted octanol–water partition coefficient (Wildman–Crippen LogP) is 1.50. The van der Waals surface area contributed by atoms with E-state index in [2.05, 4.69) is 25.5 Å². The van der Waals surface area contributed by atoms with Crippen LogP contribution >= 0.6 is 0 Å². The van der Waals surface area contributed by atoms with Crippen LogP contribution in [0.25, 0.3) is 17.0 Å². The molecular formula is C19H18F3N9O3S. The maximum atomic E-state index is 12.9. The molecule has 4 heterocycles. The Kier molecular flexibility index (Phi) is 5.29. The molecule has 0 aromatic carbocycles. The van der Waals surface area contributed by atoms with Crippen molar-refractivity contribution >= 4 is 27.5 Å². The summed E-state index contributed by atoms with van der Waals surface area (Å²) in [5, 5.41) is 20.4. The van der Waals surface area contributed by atoms with Crippen LogP contribution in [0.5, 0.6) is 0 Å². The van der Waals surface area contributed by atoms with Crippen molar-refractivity contribution < 1.29 is 26.4 Å². The van der Waals surface area contributed by atoms with E-state index in [1.54, 1.807) is 6.07 Å². The van der Waals surface area contributed by atoms with Crippen LogP contribution in [0.4, 0.5) is 19.1 Å². The lowest BCUT2D eigenvalue weighted by atomic mass is 9.85. The minimum absolute atomic E-state index is 0.0584. The lowest BCUT2D eigenvalue weighted by Gasteiger charge is -2.47. The first kappa shape index (κ1) is 23.2. The Morgan fingerprint density at radius 1 is 1.31 bits per heavy atom. The summed E-state index contributed by atoms with van der Waals surface area (Å²) in [4.78, 5) is 20.8. The first-order chi connectivity index (χ1) is 16.5. The SMILES string of the molecule is N#CCC1(n2cc(-c3nccc4nc(NC(=O)C5CCC5)nn34)cn2)CN(S(=O)(=O)C(F)(F)F)C1. The third-order valence-electron chi connectivity index (χ3n) is 6.27. The van der Waals surface area contributed by atoms with Crippen molar-refractivity contribution in [1.82, 2.24) is 33.7 Å². The third-order valence-corrected chi connectivity index (χ3v) is 7.80. The Morgan fingerprint density at radius 3 is 2.69 bits per heavy atom. The largest absolute Gasteiger partial charge is 0.511 e. The van der Waals surface area contributed by atoms with Crippen molar-refractivity contribution in [3.63, 3.8) is 0 Å². The first-order valence-electron chi connectivity index (χ1n) is 10.6. The molecule has 3 aromatic rings. The number of hydrogen-bond acceptors (Lipinski definition) is 8. The van der Waals surface area contributed by atoms with Gasteiger partial charge < -0.3 is 0 Å². The molecule has 1 saturated heterocycles. The Morgan fingerprint density at radius 2 is 2.06 bits per heavy atom. The van der Waals surface area contributed by atoms with E-state index in [1.165, 1.54) is 27.8 Å². The fourth-order valence-electron chi connectivity index (χ4n) is 4.06. The van der Waals surface area contributed by atoms with E-state index < -0.39 is 34.2 Å². The van der Waals surface area contributed by atoms with E-state index in [1.807, 2.05) is 6.07 Å². The second kappa shape index (κ2) is 7.99. The number of aromatic nitrogens is 6. The molecule has 0 atom stereocenters. The molecule has 0 unspecified atom stereocenters. The lowest BCUT2D eigenvalue weighted by Crippen LogP contribution is -2.65. The topological polar surface area (TPSA) is 151 Å². The van der Waals surface area contributed by atoms with Crippen molar-refractivity contribution in [3.05, 3.63) is 24.7 Å². The third kappa shape index (κ3) is 3.80. The molecule has 35 heavy (non-hydrogen) atoms. The Balaban J connectivity index is 1.42. The summed E-state index contributed by atoms with van der Waals surface area (Å²) in [6, 6.07) is 3.48. The van der Waals surface area contributed by atoms with Crippen LogP contribution in [0.15, 0.2) is 24.7 Å². The zero-order valence-electron chi connectivity index (χ0n) is 18.0. The van der Waals surface area contributed by atoms with Gasteiger partial charge in [0.25, 0.3) is 0 Å². The number of rotatable bonds is 6. The van der Waals surface area contributed by atoms with Gasteiger partial charge in [-0.2, -0.15) is 37.3 Å². The number of anilines is 1. The van der Waals surface area contributed by atoms with E-state index >= 15 is 0 Å². The van der Waals surface area contributed by atoms with Crippen LogP contribution < -0.4 is 5.32 Å². The zero-order valence-corrected chi connectivity index (χ0v) is 18.8. The van der Waals surface area contributed by atoms with Crippen LogP contribution in [0.2, 0.25) is 0 Å². The minimum atomic E-state index is -5.51. The Hall–Kier alpha value is -3.58. The quantitative estimate of drug-likeness (QED) is 0.525. The molecule has 12 nitrogen and oxygen atoms in total. The highest BCUT2D eigenvalue weighted by Gasteiger charge is 2.59. The number of carbonyl (C=O) groups is 1. The van der Waals surface area contributed by atoms with Crippen molar-refractivity contribution in [2.24, 2.45) is 5.92 Å². The molecule has 0 spiro atoms. The first-order valence-corrected chi connectivity index (χ1v) is 12.0. The van der Waals surface area contributed by atoms with Crippen molar-refractivity contribution in [1.29, 1.82) is 5.26 Å². The van der Waals surface area contributed by atoms with Gasteiger partial charge in [-0.15, -0.1) is 5.10 Å². The van der Waals surface area contributed by atoms with E-state index in [9.17, 15) is 31.6 Å². The van der Waals surface area contributed by atoms with Crippen molar-refractivity contribution in [2.45, 2.75) is 36.7 Å². The molecule has 1 aliphatic heterocycles. The molecule has 1 N–H and O–H groups in total. The number of amides is 1. The van der Waals surface area contributed by atoms with Crippen molar-refractivity contribution in [2.75, 3.05) is 18.4 Å². The van der Waals surface area contributed by atoms with Crippen LogP contribution in [0.1, 0.15) is 25.7 Å². The predicted molar refractivity (Wildman–Crippen MR) is 113 cm³/mol. The van der Waals surface area contributed by atoms with Gasteiger partial charge in [0.2, 0.25) is 11.9 Å². The second-order valence-electron chi connectivity index (χ2n) is 8.54. The molecule has 1 aliphatic carbocycles. The number of nitrogens with one attached hydrogen (secondary N) is 1. The van der Waals surface area contributed by atoms with E-state index in [0.29, 0.717) is 11.2 Å². The number of halogens is 3. The molecule has 16 heteroatoms. The van der Waals surface area contributed by atoms with Gasteiger partial charge in [0.1, 0.15) is 5.54 Å². The molecule has 0 bridgehead atoms. The Labute approximate surface area is 196 Å². The zero-order chi connectivity index (χ0) is 25.0. The van der Waals surface area contributed by atoms with Gasteiger partial charge in [0.15, 0.2) is 11.5 Å². The number of hydrogen-bond donors (Lipinski definition) is 1. The molecule has 184 valence electrons. The van der Waals surface area contributed by atoms with Crippen LogP contribution in [0.3, 0.4) is 0 Å². The summed E-state index contributed by atoms with van der Waals surface area (Å²) < 4.78 is 65.1. The summed E-state index contributed by atoms with van der Waals surface area (Å²) >= 11 is 0. The van der Waals surface area contributed by atoms with E-state index in [-0.39, 0.29) is 34.3 Å². The number of fused-ring (bicyclic) bond motifs is 1. The van der Waals surface area contributed by atoms with Gasteiger partial charge in [-0.3, -0.25) is 14.8 Å². The molecule has 1 saturated carbocycles. The molecule has 5 rings (SSSR count). The van der Waals surface area contributed by atoms with Gasteiger partial charge in [-0.25, -0.2) is 13.4 Å². The molecule has 3 aromatic heterocycles. The normalized spacial score (nSPS) is 18.6. The number of nitriles is 1. The van der Waals surface area contributed by atoms with Gasteiger partial charge >= 0.3 is 15.5 Å². The number of sulfonamides is 1. The fourth-order valence-corrected chi connectivity index (χ4v) is 5.17. The highest BCUT2D eigenvalue weighted by molar-refractivity contribution is 7.90. The van der Waals surface area contributed by atoms with Gasteiger partial charge in [-0.05, 0) is 12.8 Å². The van der Waals surface area contributed by atoms with Gasteiger partial charge in [0.05, 0.1) is 24.3 Å². The molecule has 1 amide bonds. The summed E-state index contributed by atoms with van der Waals surface area (Å²) in [6.07, 6.45) is 6.70. The van der Waals surface area contributed by atoms with Crippen LogP contribution in [-0.2, 0) is 20.4 Å². The maximum absolute atomic E-state index is 12.9. The standard InChI is InChI=1S/C19H18F3N9O3S/c20-19(21,22)35(33,34)29-10-18(11-29,5-6-23)30-9-13(8-25-30)15-24-7-4-14-26-17(28-31(14)15)27-16(32)12-2-1-3-12/h4,7-9,12H,1-3,5,10-11H2,(H,27,28,32). The van der Waals surface area contributed by atoms with Crippen molar-refractivity contribution in [3.8, 4) is 17.5 Å². The lowest BCUT2D eigenvalue weighted by molar-refractivity contribution is -0.122. The minimum Gasteiger partial charge on any atom is -0.293 e. The molecule has 2 aliphatic rings. The average Bonchev–Trinajstić information content (AvgIpc) is 3.34. The summed E-state index contributed by atoms with van der Waals surface area (Å²) in [5.41, 5.74) is -5.89. The molecule has 0 radical (unpaired) electrons. The van der Waals surface area contributed by atoms with Crippen LogP contribution in [0, 0.1) is 17.2 Å². The van der Waals surface area contributed by atoms with E-state index in [4.69, 9.17) is 0 Å². The monoisotopic (exact) mass is 509 g/mol.